The lowest BCUT2D eigenvalue weighted by molar-refractivity contribution is -0.113. The highest BCUT2D eigenvalue weighted by molar-refractivity contribution is 14.1. The number of aryl methyl sites for hydroxylation is 1. The fraction of sp³-hybridized carbons (Fsp3) is 0.417. The lowest BCUT2D eigenvalue weighted by Crippen LogP contribution is -2.28. The highest BCUT2D eigenvalue weighted by Crippen LogP contribution is 2.17. The van der Waals surface area contributed by atoms with Gasteiger partial charge in [0.2, 0.25) is 5.91 Å². The second-order valence-corrected chi connectivity index (χ2v) is 8.17. The van der Waals surface area contributed by atoms with E-state index in [1.54, 1.807) is 19.9 Å². The largest absolute Gasteiger partial charge is 0.325 e. The summed E-state index contributed by atoms with van der Waals surface area (Å²) in [5.74, 6) is -0.969. The van der Waals surface area contributed by atoms with Gasteiger partial charge in [0.25, 0.3) is 0 Å². The molecule has 1 aromatic carbocycles. The first-order valence-electron chi connectivity index (χ1n) is 5.50. The van der Waals surface area contributed by atoms with Crippen LogP contribution >= 0.6 is 22.6 Å². The van der Waals surface area contributed by atoms with Gasteiger partial charge >= 0.3 is 0 Å². The monoisotopic (exact) mass is 381 g/mol. The molecule has 0 radical (unpaired) electrons. The SMILES string of the molecule is Cc1cc(I)ccc1NC(=O)CS(=O)(=O)C(C)C. The molecule has 100 valence electrons. The molecule has 0 aliphatic rings. The lowest BCUT2D eigenvalue weighted by Gasteiger charge is -2.10. The molecule has 0 aromatic heterocycles. The molecule has 1 amide bonds. The number of carbonyl (C=O) groups excluding carboxylic acids is 1. The zero-order valence-electron chi connectivity index (χ0n) is 10.5. The van der Waals surface area contributed by atoms with E-state index in [1.807, 2.05) is 19.1 Å². The Bertz CT molecular complexity index is 552. The van der Waals surface area contributed by atoms with Crippen molar-refractivity contribution in [3.63, 3.8) is 0 Å². The average molecular weight is 381 g/mol. The number of hydrogen-bond donors (Lipinski definition) is 1. The number of amides is 1. The molecular weight excluding hydrogens is 365 g/mol. The summed E-state index contributed by atoms with van der Waals surface area (Å²) >= 11 is 2.18. The molecule has 0 aliphatic carbocycles. The molecule has 18 heavy (non-hydrogen) atoms. The molecule has 0 heterocycles. The lowest BCUT2D eigenvalue weighted by atomic mass is 10.2. The number of hydrogen-bond acceptors (Lipinski definition) is 3. The maximum absolute atomic E-state index is 11.7. The van der Waals surface area contributed by atoms with Gasteiger partial charge in [-0.1, -0.05) is 0 Å². The van der Waals surface area contributed by atoms with Gasteiger partial charge in [0.1, 0.15) is 5.75 Å². The zero-order valence-corrected chi connectivity index (χ0v) is 13.5. The van der Waals surface area contributed by atoms with Crippen molar-refractivity contribution in [3.05, 3.63) is 27.3 Å². The van der Waals surface area contributed by atoms with Crippen molar-refractivity contribution in [2.75, 3.05) is 11.1 Å². The third-order valence-corrected chi connectivity index (χ3v) is 5.29. The van der Waals surface area contributed by atoms with Crippen molar-refractivity contribution in [1.82, 2.24) is 0 Å². The molecule has 4 nitrogen and oxygen atoms in total. The van der Waals surface area contributed by atoms with E-state index in [-0.39, 0.29) is 0 Å². The van der Waals surface area contributed by atoms with Crippen LogP contribution in [0.25, 0.3) is 0 Å². The van der Waals surface area contributed by atoms with Gasteiger partial charge in [-0.2, -0.15) is 0 Å². The summed E-state index contributed by atoms with van der Waals surface area (Å²) in [7, 11) is -3.35. The smallest absolute Gasteiger partial charge is 0.239 e. The molecule has 0 bridgehead atoms. The van der Waals surface area contributed by atoms with Gasteiger partial charge < -0.3 is 5.32 Å². The van der Waals surface area contributed by atoms with Crippen LogP contribution in [-0.4, -0.2) is 25.3 Å². The third kappa shape index (κ3) is 4.24. The van der Waals surface area contributed by atoms with E-state index in [4.69, 9.17) is 0 Å². The molecule has 0 aliphatic heterocycles. The number of sulfone groups is 1. The molecule has 0 fully saturated rings. The van der Waals surface area contributed by atoms with E-state index < -0.39 is 26.7 Å². The van der Waals surface area contributed by atoms with Crippen LogP contribution in [0.15, 0.2) is 18.2 Å². The van der Waals surface area contributed by atoms with Gasteiger partial charge in [-0.3, -0.25) is 4.79 Å². The summed E-state index contributed by atoms with van der Waals surface area (Å²) < 4.78 is 24.3. The first-order valence-corrected chi connectivity index (χ1v) is 8.29. The van der Waals surface area contributed by atoms with E-state index in [0.29, 0.717) is 5.69 Å². The van der Waals surface area contributed by atoms with Crippen molar-refractivity contribution < 1.29 is 13.2 Å². The fourth-order valence-electron chi connectivity index (χ4n) is 1.30. The molecule has 0 spiro atoms. The number of benzene rings is 1. The number of carbonyl (C=O) groups is 1. The Labute approximate surface area is 121 Å². The average Bonchev–Trinajstić information content (AvgIpc) is 2.21. The Balaban J connectivity index is 2.77. The second-order valence-electron chi connectivity index (χ2n) is 4.36. The van der Waals surface area contributed by atoms with E-state index in [9.17, 15) is 13.2 Å². The van der Waals surface area contributed by atoms with Crippen molar-refractivity contribution in [2.45, 2.75) is 26.0 Å². The molecule has 0 atom stereocenters. The molecule has 0 saturated carbocycles. The van der Waals surface area contributed by atoms with Crippen LogP contribution < -0.4 is 5.32 Å². The first kappa shape index (κ1) is 15.4. The van der Waals surface area contributed by atoms with Crippen LogP contribution in [-0.2, 0) is 14.6 Å². The van der Waals surface area contributed by atoms with Gasteiger partial charge in [0, 0.05) is 9.26 Å². The minimum atomic E-state index is -3.35. The predicted octanol–water partition coefficient (Wildman–Crippen LogP) is 2.36. The topological polar surface area (TPSA) is 63.2 Å². The molecule has 0 unspecified atom stereocenters. The Kier molecular flexibility index (Phi) is 5.15. The Hall–Kier alpha value is -0.630. The Morgan fingerprint density at radius 1 is 1.39 bits per heavy atom. The standard InChI is InChI=1S/C12H16INO3S/c1-8(2)18(16,17)7-12(15)14-11-5-4-10(13)6-9(11)3/h4-6,8H,7H2,1-3H3,(H,14,15). The minimum absolute atomic E-state index is 0.476. The highest BCUT2D eigenvalue weighted by Gasteiger charge is 2.20. The molecule has 1 aromatic rings. The minimum Gasteiger partial charge on any atom is -0.325 e. The molecule has 1 N–H and O–H groups in total. The van der Waals surface area contributed by atoms with Crippen LogP contribution in [0.5, 0.6) is 0 Å². The van der Waals surface area contributed by atoms with E-state index in [0.717, 1.165) is 9.13 Å². The summed E-state index contributed by atoms with van der Waals surface area (Å²) in [4.78, 5) is 11.7. The Morgan fingerprint density at radius 3 is 2.50 bits per heavy atom. The second kappa shape index (κ2) is 6.01. The van der Waals surface area contributed by atoms with Crippen LogP contribution in [0.3, 0.4) is 0 Å². The van der Waals surface area contributed by atoms with Gasteiger partial charge in [-0.05, 0) is 67.1 Å². The van der Waals surface area contributed by atoms with Crippen LogP contribution in [0.4, 0.5) is 5.69 Å². The van der Waals surface area contributed by atoms with E-state index in [2.05, 4.69) is 27.9 Å². The normalized spacial score (nSPS) is 11.6. The summed E-state index contributed by atoms with van der Waals surface area (Å²) in [6.07, 6.45) is 0. The number of halogens is 1. The quantitative estimate of drug-likeness (QED) is 0.815. The number of anilines is 1. The van der Waals surface area contributed by atoms with Gasteiger partial charge in [0.05, 0.1) is 5.25 Å². The molecular formula is C12H16INO3S. The Morgan fingerprint density at radius 2 is 2.00 bits per heavy atom. The summed E-state index contributed by atoms with van der Waals surface area (Å²) in [6, 6.07) is 5.56. The van der Waals surface area contributed by atoms with Crippen LogP contribution in [0.2, 0.25) is 0 Å². The van der Waals surface area contributed by atoms with Gasteiger partial charge in [-0.15, -0.1) is 0 Å². The molecule has 0 saturated heterocycles. The maximum atomic E-state index is 11.7. The van der Waals surface area contributed by atoms with Crippen LogP contribution in [0, 0.1) is 10.5 Å². The van der Waals surface area contributed by atoms with E-state index >= 15 is 0 Å². The zero-order chi connectivity index (χ0) is 13.9. The van der Waals surface area contributed by atoms with Crippen molar-refractivity contribution in [3.8, 4) is 0 Å². The summed E-state index contributed by atoms with van der Waals surface area (Å²) in [6.45, 7) is 5.01. The van der Waals surface area contributed by atoms with Gasteiger partial charge in [0.15, 0.2) is 9.84 Å². The third-order valence-electron chi connectivity index (χ3n) is 2.51. The fourth-order valence-corrected chi connectivity index (χ4v) is 2.72. The van der Waals surface area contributed by atoms with Gasteiger partial charge in [-0.25, -0.2) is 8.42 Å². The first-order chi connectivity index (χ1) is 8.22. The predicted molar refractivity (Wildman–Crippen MR) is 81.4 cm³/mol. The van der Waals surface area contributed by atoms with E-state index in [1.165, 1.54) is 0 Å². The van der Waals surface area contributed by atoms with Crippen molar-refractivity contribution in [2.24, 2.45) is 0 Å². The van der Waals surface area contributed by atoms with Crippen LogP contribution in [0.1, 0.15) is 19.4 Å². The van der Waals surface area contributed by atoms with Crippen molar-refractivity contribution >= 4 is 44.0 Å². The summed E-state index contributed by atoms with van der Waals surface area (Å²) in [5.41, 5.74) is 1.57. The molecule has 1 rings (SSSR count). The van der Waals surface area contributed by atoms with Crippen molar-refractivity contribution in [1.29, 1.82) is 0 Å². The number of rotatable bonds is 4. The molecule has 6 heteroatoms. The summed E-state index contributed by atoms with van der Waals surface area (Å²) in [5, 5.41) is 2.09. The highest BCUT2D eigenvalue weighted by atomic mass is 127. The number of nitrogens with one attached hydrogen (secondary N) is 1. The maximum Gasteiger partial charge on any atom is 0.239 e.